The van der Waals surface area contributed by atoms with E-state index in [1.54, 1.807) is 17.5 Å². The van der Waals surface area contributed by atoms with Gasteiger partial charge in [-0.2, -0.15) is 0 Å². The number of thiazole rings is 1. The lowest BCUT2D eigenvalue weighted by atomic mass is 10.3. The van der Waals surface area contributed by atoms with Gasteiger partial charge in [0, 0.05) is 18.8 Å². The third-order valence-corrected chi connectivity index (χ3v) is 3.01. The Morgan fingerprint density at radius 3 is 3.13 bits per heavy atom. The average Bonchev–Trinajstić information content (AvgIpc) is 2.55. The molecule has 0 aliphatic carbocycles. The number of nitrogens with two attached hydrogens (primary N) is 1. The van der Waals surface area contributed by atoms with Crippen LogP contribution in [-0.2, 0) is 0 Å². The maximum Gasteiger partial charge on any atom is 0.172 e. The molecule has 2 aromatic rings. The van der Waals surface area contributed by atoms with Crippen molar-refractivity contribution in [2.24, 2.45) is 5.73 Å². The van der Waals surface area contributed by atoms with E-state index >= 15 is 0 Å². The van der Waals surface area contributed by atoms with Gasteiger partial charge in [-0.3, -0.25) is 0 Å². The number of rotatable bonds is 3. The summed E-state index contributed by atoms with van der Waals surface area (Å²) in [7, 11) is 0. The zero-order chi connectivity index (χ0) is 10.8. The van der Waals surface area contributed by atoms with Crippen molar-refractivity contribution in [3.8, 4) is 0 Å². The molecule has 0 saturated carbocycles. The van der Waals surface area contributed by atoms with Crippen LogP contribution >= 0.6 is 11.3 Å². The van der Waals surface area contributed by atoms with E-state index in [1.807, 2.05) is 19.9 Å². The number of nitrogens with zero attached hydrogens (tertiary/aromatic N) is 2. The van der Waals surface area contributed by atoms with Crippen LogP contribution in [0.15, 0.2) is 12.3 Å². The van der Waals surface area contributed by atoms with E-state index in [1.165, 1.54) is 0 Å². The number of fused-ring (bicyclic) bond motifs is 1. The second-order valence-electron chi connectivity index (χ2n) is 3.60. The first-order chi connectivity index (χ1) is 7.16. The third-order valence-electron chi connectivity index (χ3n) is 2.01. The lowest BCUT2D eigenvalue weighted by Gasteiger charge is -2.08. The van der Waals surface area contributed by atoms with Crippen LogP contribution in [0.2, 0.25) is 0 Å². The van der Waals surface area contributed by atoms with Gasteiger partial charge in [-0.05, 0) is 19.9 Å². The summed E-state index contributed by atoms with van der Waals surface area (Å²) in [5.41, 5.74) is 7.58. The molecule has 0 aliphatic heterocycles. The number of nitrogens with one attached hydrogen (secondary N) is 1. The summed E-state index contributed by atoms with van der Waals surface area (Å²) in [6.45, 7) is 4.72. The number of aromatic nitrogens is 2. The van der Waals surface area contributed by atoms with Crippen LogP contribution in [0.25, 0.3) is 10.3 Å². The minimum atomic E-state index is 0.141. The topological polar surface area (TPSA) is 63.8 Å². The van der Waals surface area contributed by atoms with E-state index < -0.39 is 0 Å². The molecule has 0 amide bonds. The highest BCUT2D eigenvalue weighted by atomic mass is 32.1. The second-order valence-corrected chi connectivity index (χ2v) is 4.81. The van der Waals surface area contributed by atoms with Gasteiger partial charge in [0.2, 0.25) is 0 Å². The van der Waals surface area contributed by atoms with E-state index in [0.29, 0.717) is 0 Å². The molecule has 4 nitrogen and oxygen atoms in total. The van der Waals surface area contributed by atoms with Crippen molar-refractivity contribution >= 4 is 27.4 Å². The summed E-state index contributed by atoms with van der Waals surface area (Å²) in [6.07, 6.45) is 1.77. The Kier molecular flexibility index (Phi) is 2.83. The monoisotopic (exact) mass is 222 g/mol. The van der Waals surface area contributed by atoms with Gasteiger partial charge < -0.3 is 11.1 Å². The lowest BCUT2D eigenvalue weighted by Crippen LogP contribution is -2.25. The Morgan fingerprint density at radius 2 is 2.40 bits per heavy atom. The minimum absolute atomic E-state index is 0.141. The number of hydrogen-bond donors (Lipinski definition) is 2. The SMILES string of the molecule is Cc1nc2nccc(NCC(C)N)c2s1. The van der Waals surface area contributed by atoms with E-state index in [9.17, 15) is 0 Å². The van der Waals surface area contributed by atoms with Crippen molar-refractivity contribution in [2.45, 2.75) is 19.9 Å². The lowest BCUT2D eigenvalue weighted by molar-refractivity contribution is 0.781. The molecular formula is C10H14N4S. The fourth-order valence-corrected chi connectivity index (χ4v) is 2.21. The van der Waals surface area contributed by atoms with Gasteiger partial charge in [-0.15, -0.1) is 11.3 Å². The summed E-state index contributed by atoms with van der Waals surface area (Å²) in [6, 6.07) is 2.10. The van der Waals surface area contributed by atoms with Crippen molar-refractivity contribution in [1.82, 2.24) is 9.97 Å². The van der Waals surface area contributed by atoms with Crippen molar-refractivity contribution in [2.75, 3.05) is 11.9 Å². The molecule has 0 fully saturated rings. The Balaban J connectivity index is 2.33. The number of hydrogen-bond acceptors (Lipinski definition) is 5. The van der Waals surface area contributed by atoms with Crippen LogP contribution in [0, 0.1) is 6.92 Å². The van der Waals surface area contributed by atoms with Crippen LogP contribution in [0.1, 0.15) is 11.9 Å². The van der Waals surface area contributed by atoms with Gasteiger partial charge in [0.05, 0.1) is 15.4 Å². The molecule has 80 valence electrons. The van der Waals surface area contributed by atoms with Gasteiger partial charge in [0.1, 0.15) is 0 Å². The highest BCUT2D eigenvalue weighted by Crippen LogP contribution is 2.27. The molecule has 0 spiro atoms. The first kappa shape index (κ1) is 10.3. The van der Waals surface area contributed by atoms with Crippen molar-refractivity contribution in [3.05, 3.63) is 17.3 Å². The molecule has 0 aliphatic rings. The predicted molar refractivity (Wildman–Crippen MR) is 64.3 cm³/mol. The molecule has 0 radical (unpaired) electrons. The fraction of sp³-hybridized carbons (Fsp3) is 0.400. The first-order valence-electron chi connectivity index (χ1n) is 4.88. The molecule has 2 aromatic heterocycles. The van der Waals surface area contributed by atoms with E-state index in [0.717, 1.165) is 27.6 Å². The fourth-order valence-electron chi connectivity index (χ4n) is 1.35. The van der Waals surface area contributed by atoms with Gasteiger partial charge in [-0.25, -0.2) is 9.97 Å². The number of aryl methyl sites for hydroxylation is 1. The van der Waals surface area contributed by atoms with Crippen LogP contribution in [0.3, 0.4) is 0 Å². The Bertz CT molecular complexity index is 463. The Morgan fingerprint density at radius 1 is 1.60 bits per heavy atom. The highest BCUT2D eigenvalue weighted by Gasteiger charge is 2.06. The molecule has 2 rings (SSSR count). The normalized spacial score (nSPS) is 13.0. The zero-order valence-corrected chi connectivity index (χ0v) is 9.64. The molecule has 0 bridgehead atoms. The molecule has 1 atom stereocenters. The Hall–Kier alpha value is -1.20. The van der Waals surface area contributed by atoms with Crippen molar-refractivity contribution < 1.29 is 0 Å². The maximum absolute atomic E-state index is 5.70. The standard InChI is InChI=1S/C10H14N4S/c1-6(11)5-13-8-3-4-12-10-9(8)15-7(2)14-10/h3-4,6H,5,11H2,1-2H3,(H,12,13). The molecular weight excluding hydrogens is 208 g/mol. The van der Waals surface area contributed by atoms with Crippen LogP contribution < -0.4 is 11.1 Å². The summed E-state index contributed by atoms with van der Waals surface area (Å²) < 4.78 is 1.11. The highest BCUT2D eigenvalue weighted by molar-refractivity contribution is 7.19. The van der Waals surface area contributed by atoms with Gasteiger partial charge >= 0.3 is 0 Å². The molecule has 3 N–H and O–H groups in total. The predicted octanol–water partition coefficient (Wildman–Crippen LogP) is 1.76. The van der Waals surface area contributed by atoms with Crippen molar-refractivity contribution in [1.29, 1.82) is 0 Å². The maximum atomic E-state index is 5.70. The van der Waals surface area contributed by atoms with Gasteiger partial charge in [-0.1, -0.05) is 0 Å². The average molecular weight is 222 g/mol. The van der Waals surface area contributed by atoms with Gasteiger partial charge in [0.15, 0.2) is 5.65 Å². The summed E-state index contributed by atoms with van der Waals surface area (Å²) in [4.78, 5) is 8.55. The second kappa shape index (κ2) is 4.12. The van der Waals surface area contributed by atoms with E-state index in [-0.39, 0.29) is 6.04 Å². The third kappa shape index (κ3) is 2.24. The number of anilines is 1. The molecule has 15 heavy (non-hydrogen) atoms. The quantitative estimate of drug-likeness (QED) is 0.830. The minimum Gasteiger partial charge on any atom is -0.382 e. The van der Waals surface area contributed by atoms with Crippen LogP contribution in [0.4, 0.5) is 5.69 Å². The summed E-state index contributed by atoms with van der Waals surface area (Å²) >= 11 is 1.65. The number of pyridine rings is 1. The van der Waals surface area contributed by atoms with E-state index in [4.69, 9.17) is 5.73 Å². The molecule has 5 heteroatoms. The molecule has 2 heterocycles. The summed E-state index contributed by atoms with van der Waals surface area (Å²) in [5.74, 6) is 0. The van der Waals surface area contributed by atoms with E-state index in [2.05, 4.69) is 15.3 Å². The smallest absolute Gasteiger partial charge is 0.172 e. The van der Waals surface area contributed by atoms with Crippen LogP contribution in [-0.4, -0.2) is 22.6 Å². The first-order valence-corrected chi connectivity index (χ1v) is 5.70. The van der Waals surface area contributed by atoms with Crippen LogP contribution in [0.5, 0.6) is 0 Å². The Labute approximate surface area is 92.5 Å². The molecule has 0 saturated heterocycles. The summed E-state index contributed by atoms with van der Waals surface area (Å²) in [5, 5.41) is 4.34. The largest absolute Gasteiger partial charge is 0.382 e. The van der Waals surface area contributed by atoms with Crippen molar-refractivity contribution in [3.63, 3.8) is 0 Å². The molecule has 0 aromatic carbocycles. The molecule has 1 unspecified atom stereocenters. The zero-order valence-electron chi connectivity index (χ0n) is 8.82. The van der Waals surface area contributed by atoms with Gasteiger partial charge in [0.25, 0.3) is 0 Å².